The molecule has 1 aromatic heterocycles. The summed E-state index contributed by atoms with van der Waals surface area (Å²) in [7, 11) is 0. The number of hydrogen-bond acceptors (Lipinski definition) is 4. The highest BCUT2D eigenvalue weighted by atomic mass is 19.3. The maximum Gasteiger partial charge on any atom is 0.387 e. The summed E-state index contributed by atoms with van der Waals surface area (Å²) in [4.78, 5) is 6.41. The molecule has 1 aromatic rings. The zero-order chi connectivity index (χ0) is 14.7. The van der Waals surface area contributed by atoms with Crippen molar-refractivity contribution in [1.29, 1.82) is 0 Å². The molecule has 2 aliphatic rings. The number of halogens is 2. The third kappa shape index (κ3) is 3.61. The molecule has 3 rings (SSSR count). The number of nitrogens with zero attached hydrogens (tertiary/aromatic N) is 2. The van der Waals surface area contributed by atoms with E-state index in [9.17, 15) is 8.78 Å². The van der Waals surface area contributed by atoms with Gasteiger partial charge in [-0.2, -0.15) is 8.78 Å². The second-order valence-electron chi connectivity index (χ2n) is 5.61. The lowest BCUT2D eigenvalue weighted by molar-refractivity contribution is -0.0500. The average Bonchev–Trinajstić information content (AvgIpc) is 3.02. The molecule has 0 bridgehead atoms. The lowest BCUT2D eigenvalue weighted by Gasteiger charge is -2.35. The summed E-state index contributed by atoms with van der Waals surface area (Å²) in [5, 5.41) is 0. The van der Waals surface area contributed by atoms with Crippen LogP contribution in [0.25, 0.3) is 0 Å². The molecule has 21 heavy (non-hydrogen) atoms. The molecule has 0 saturated carbocycles. The van der Waals surface area contributed by atoms with Gasteiger partial charge < -0.3 is 14.4 Å². The maximum absolute atomic E-state index is 12.1. The number of aromatic nitrogens is 1. The number of anilines is 1. The molecule has 0 radical (unpaired) electrons. The predicted molar refractivity (Wildman–Crippen MR) is 74.8 cm³/mol. The van der Waals surface area contributed by atoms with Crippen molar-refractivity contribution in [2.24, 2.45) is 5.92 Å². The smallest absolute Gasteiger partial charge is 0.387 e. The van der Waals surface area contributed by atoms with Crippen LogP contribution in [0, 0.1) is 5.92 Å². The van der Waals surface area contributed by atoms with E-state index in [1.165, 1.54) is 19.0 Å². The summed E-state index contributed by atoms with van der Waals surface area (Å²) >= 11 is 0. The molecule has 0 aromatic carbocycles. The molecule has 4 nitrogen and oxygen atoms in total. The predicted octanol–water partition coefficient (Wildman–Crippen LogP) is 3.08. The Bertz CT molecular complexity index is 441. The van der Waals surface area contributed by atoms with Crippen LogP contribution in [-0.4, -0.2) is 37.4 Å². The molecule has 1 unspecified atom stereocenters. The van der Waals surface area contributed by atoms with E-state index in [2.05, 4.69) is 14.6 Å². The number of hydrogen-bond donors (Lipinski definition) is 0. The first-order valence-electron chi connectivity index (χ1n) is 7.50. The van der Waals surface area contributed by atoms with E-state index in [1.54, 1.807) is 12.1 Å². The Morgan fingerprint density at radius 3 is 2.62 bits per heavy atom. The van der Waals surface area contributed by atoms with E-state index in [-0.39, 0.29) is 5.75 Å². The van der Waals surface area contributed by atoms with Crippen LogP contribution in [0.1, 0.15) is 25.7 Å². The van der Waals surface area contributed by atoms with Crippen LogP contribution in [0.3, 0.4) is 0 Å². The summed E-state index contributed by atoms with van der Waals surface area (Å²) in [5.41, 5.74) is 0. The molecule has 2 aliphatic heterocycles. The summed E-state index contributed by atoms with van der Waals surface area (Å²) in [6.07, 6.45) is 6.35. The minimum absolute atomic E-state index is 0.1000. The van der Waals surface area contributed by atoms with E-state index in [0.29, 0.717) is 12.0 Å². The van der Waals surface area contributed by atoms with Crippen molar-refractivity contribution in [3.63, 3.8) is 0 Å². The van der Waals surface area contributed by atoms with Crippen molar-refractivity contribution in [1.82, 2.24) is 4.98 Å². The third-order valence-electron chi connectivity index (χ3n) is 4.30. The van der Waals surface area contributed by atoms with E-state index in [1.807, 2.05) is 0 Å². The monoisotopic (exact) mass is 298 g/mol. The van der Waals surface area contributed by atoms with Gasteiger partial charge in [0, 0.05) is 19.7 Å². The number of alkyl halides is 2. The number of ether oxygens (including phenoxy) is 2. The third-order valence-corrected chi connectivity index (χ3v) is 4.30. The zero-order valence-electron chi connectivity index (χ0n) is 11.9. The first-order valence-corrected chi connectivity index (χ1v) is 7.50. The molecule has 0 aliphatic carbocycles. The van der Waals surface area contributed by atoms with Crippen LogP contribution in [0.2, 0.25) is 0 Å². The van der Waals surface area contributed by atoms with Crippen LogP contribution in [0.4, 0.5) is 14.6 Å². The quantitative estimate of drug-likeness (QED) is 0.855. The van der Waals surface area contributed by atoms with E-state index >= 15 is 0 Å². The van der Waals surface area contributed by atoms with Gasteiger partial charge in [0.25, 0.3) is 0 Å². The second kappa shape index (κ2) is 6.56. The Labute approximate surface area is 123 Å². The molecule has 6 heteroatoms. The fourth-order valence-electron chi connectivity index (χ4n) is 3.21. The van der Waals surface area contributed by atoms with Gasteiger partial charge in [0.1, 0.15) is 11.6 Å². The van der Waals surface area contributed by atoms with Crippen molar-refractivity contribution in [3.8, 4) is 5.75 Å². The highest BCUT2D eigenvalue weighted by molar-refractivity contribution is 5.41. The SMILES string of the molecule is FC(F)Oc1ccc(N2CCC(C3CCCO3)CC2)nc1. The van der Waals surface area contributed by atoms with Gasteiger partial charge >= 0.3 is 6.61 Å². The van der Waals surface area contributed by atoms with Crippen molar-refractivity contribution in [3.05, 3.63) is 18.3 Å². The normalized spacial score (nSPS) is 23.8. The van der Waals surface area contributed by atoms with Gasteiger partial charge in [0.2, 0.25) is 0 Å². The molecule has 2 saturated heterocycles. The Hall–Kier alpha value is -1.43. The van der Waals surface area contributed by atoms with Gasteiger partial charge in [-0.15, -0.1) is 0 Å². The fraction of sp³-hybridized carbons (Fsp3) is 0.667. The molecule has 0 spiro atoms. The summed E-state index contributed by atoms with van der Waals surface area (Å²) in [5.74, 6) is 1.57. The lowest BCUT2D eigenvalue weighted by atomic mass is 9.90. The Morgan fingerprint density at radius 2 is 2.05 bits per heavy atom. The summed E-state index contributed by atoms with van der Waals surface area (Å²) in [6.45, 7) is -0.0307. The van der Waals surface area contributed by atoms with Crippen molar-refractivity contribution in [2.75, 3.05) is 24.6 Å². The average molecular weight is 298 g/mol. The van der Waals surface area contributed by atoms with Gasteiger partial charge in [-0.05, 0) is 43.7 Å². The van der Waals surface area contributed by atoms with Gasteiger partial charge in [-0.1, -0.05) is 0 Å². The van der Waals surface area contributed by atoms with Crippen molar-refractivity contribution < 1.29 is 18.3 Å². The van der Waals surface area contributed by atoms with Crippen molar-refractivity contribution in [2.45, 2.75) is 38.4 Å². The molecule has 0 amide bonds. The second-order valence-corrected chi connectivity index (χ2v) is 5.61. The van der Waals surface area contributed by atoms with E-state index in [4.69, 9.17) is 4.74 Å². The number of pyridine rings is 1. The van der Waals surface area contributed by atoms with E-state index < -0.39 is 6.61 Å². The Morgan fingerprint density at radius 1 is 1.24 bits per heavy atom. The van der Waals surface area contributed by atoms with Gasteiger partial charge in [-0.3, -0.25) is 0 Å². The number of piperidine rings is 1. The molecular weight excluding hydrogens is 278 g/mol. The van der Waals surface area contributed by atoms with Crippen LogP contribution in [0.5, 0.6) is 5.75 Å². The Balaban J connectivity index is 1.54. The van der Waals surface area contributed by atoms with Crippen LogP contribution in [0.15, 0.2) is 18.3 Å². The highest BCUT2D eigenvalue weighted by Crippen LogP contribution is 2.30. The first-order chi connectivity index (χ1) is 10.2. The Kier molecular flexibility index (Phi) is 4.53. The van der Waals surface area contributed by atoms with Crippen LogP contribution >= 0.6 is 0 Å². The lowest BCUT2D eigenvalue weighted by Crippen LogP contribution is -2.38. The van der Waals surface area contributed by atoms with Gasteiger partial charge in [0.15, 0.2) is 0 Å². The topological polar surface area (TPSA) is 34.6 Å². The standard InChI is InChI=1S/C15H20F2N2O2/c16-15(17)21-12-3-4-14(18-10-12)19-7-5-11(6-8-19)13-2-1-9-20-13/h3-4,10-11,13,15H,1-2,5-9H2. The van der Waals surface area contributed by atoms with E-state index in [0.717, 1.165) is 38.4 Å². The number of rotatable bonds is 4. The maximum atomic E-state index is 12.1. The van der Waals surface area contributed by atoms with Gasteiger partial charge in [-0.25, -0.2) is 4.98 Å². The van der Waals surface area contributed by atoms with Crippen LogP contribution < -0.4 is 9.64 Å². The van der Waals surface area contributed by atoms with Crippen molar-refractivity contribution >= 4 is 5.82 Å². The minimum Gasteiger partial charge on any atom is -0.433 e. The largest absolute Gasteiger partial charge is 0.433 e. The fourth-order valence-corrected chi connectivity index (χ4v) is 3.21. The molecule has 116 valence electrons. The molecular formula is C15H20F2N2O2. The molecule has 0 N–H and O–H groups in total. The molecule has 2 fully saturated rings. The highest BCUT2D eigenvalue weighted by Gasteiger charge is 2.29. The zero-order valence-corrected chi connectivity index (χ0v) is 11.9. The first kappa shape index (κ1) is 14.5. The molecule has 3 heterocycles. The minimum atomic E-state index is -2.81. The van der Waals surface area contributed by atoms with Crippen LogP contribution in [-0.2, 0) is 4.74 Å². The van der Waals surface area contributed by atoms with Gasteiger partial charge in [0.05, 0.1) is 12.3 Å². The summed E-state index contributed by atoms with van der Waals surface area (Å²) in [6, 6.07) is 3.28. The summed E-state index contributed by atoms with van der Waals surface area (Å²) < 4.78 is 34.3. The molecule has 1 atom stereocenters.